The number of carbonyl (C=O) groups excluding carboxylic acids is 1. The zero-order chi connectivity index (χ0) is 38.0. The van der Waals surface area contributed by atoms with E-state index in [1.807, 2.05) is 57.2 Å². The lowest BCUT2D eigenvalue weighted by molar-refractivity contribution is -0.123. The average Bonchev–Trinajstić information content (AvgIpc) is 3.61. The van der Waals surface area contributed by atoms with Crippen molar-refractivity contribution in [1.29, 1.82) is 0 Å². The highest BCUT2D eigenvalue weighted by molar-refractivity contribution is 6.36. The Morgan fingerprint density at radius 3 is 2.49 bits per heavy atom. The number of nitrogens with zero attached hydrogens (tertiary/aromatic N) is 6. The Hall–Kier alpha value is -5.07. The van der Waals surface area contributed by atoms with Crippen LogP contribution in [0.5, 0.6) is 5.88 Å². The lowest BCUT2D eigenvalue weighted by Gasteiger charge is -2.29. The Labute approximate surface area is 314 Å². The fourth-order valence-electron chi connectivity index (χ4n) is 7.55. The topological polar surface area (TPSA) is 136 Å². The molecule has 7 rings (SSSR count). The van der Waals surface area contributed by atoms with Crippen LogP contribution in [0.4, 0.5) is 11.5 Å². The van der Waals surface area contributed by atoms with Gasteiger partial charge in [-0.05, 0) is 74.9 Å². The molecular formula is C40H47ClN8O4. The van der Waals surface area contributed by atoms with E-state index in [2.05, 4.69) is 38.6 Å². The van der Waals surface area contributed by atoms with Crippen LogP contribution in [-0.2, 0) is 25.3 Å². The standard InChI is InChI=1S/C38H41ClN8O4.C2H6/c1-21-24(10-8-13-27(21)43-34-32-35(41-20-40-34)46(3)38(50)47(4)37(32)49)25-11-7-12-26(33(25)39)28-19-22-15-16-29(31(22)36(44-28)51-5)45(2)18-17-23-9-6-14-30(48)42-23;1-2/h7-8,10-13,19-20,23,29H,6,9,14-18H2,1-5H3,(H,42,48)(H,40,41,43);1-2H3. The predicted octanol–water partition coefficient (Wildman–Crippen LogP) is 6.47. The van der Waals surface area contributed by atoms with Gasteiger partial charge in [-0.25, -0.2) is 19.7 Å². The summed E-state index contributed by atoms with van der Waals surface area (Å²) in [5.41, 5.74) is 6.50. The number of ether oxygens (including phenoxy) is 1. The van der Waals surface area contributed by atoms with Crippen molar-refractivity contribution in [2.75, 3.05) is 26.0 Å². The van der Waals surface area contributed by atoms with Crippen molar-refractivity contribution < 1.29 is 9.53 Å². The first-order chi connectivity index (χ1) is 25.6. The van der Waals surface area contributed by atoms with E-state index in [-0.39, 0.29) is 29.0 Å². The maximum atomic E-state index is 13.2. The molecule has 0 spiro atoms. The molecule has 2 aliphatic rings. The number of halogens is 1. The fourth-order valence-corrected chi connectivity index (χ4v) is 7.87. The van der Waals surface area contributed by atoms with E-state index in [4.69, 9.17) is 21.3 Å². The molecule has 2 N–H and O–H groups in total. The van der Waals surface area contributed by atoms with Crippen molar-refractivity contribution in [3.63, 3.8) is 0 Å². The molecular weight excluding hydrogens is 692 g/mol. The first-order valence-electron chi connectivity index (χ1n) is 18.2. The van der Waals surface area contributed by atoms with Crippen molar-refractivity contribution in [3.8, 4) is 28.3 Å². The van der Waals surface area contributed by atoms with Gasteiger partial charge in [-0.1, -0.05) is 55.8 Å². The second kappa shape index (κ2) is 15.9. The molecule has 0 bridgehead atoms. The lowest BCUT2D eigenvalue weighted by atomic mass is 9.96. The quantitative estimate of drug-likeness (QED) is 0.174. The number of piperidine rings is 1. The number of hydrogen-bond acceptors (Lipinski definition) is 9. The summed E-state index contributed by atoms with van der Waals surface area (Å²) in [4.78, 5) is 53.5. The molecule has 2 unspecified atom stereocenters. The highest BCUT2D eigenvalue weighted by atomic mass is 35.5. The molecule has 2 aromatic carbocycles. The summed E-state index contributed by atoms with van der Waals surface area (Å²) < 4.78 is 8.29. The number of pyridine rings is 1. The predicted molar refractivity (Wildman–Crippen MR) is 210 cm³/mol. The maximum absolute atomic E-state index is 13.2. The molecule has 1 fully saturated rings. The van der Waals surface area contributed by atoms with E-state index in [1.165, 1.54) is 23.5 Å². The Kier molecular flexibility index (Phi) is 11.3. The molecule has 1 saturated heterocycles. The zero-order valence-electron chi connectivity index (χ0n) is 31.4. The average molecular weight is 739 g/mol. The lowest BCUT2D eigenvalue weighted by Crippen LogP contribution is -2.40. The Morgan fingerprint density at radius 1 is 1.00 bits per heavy atom. The fraction of sp³-hybridized carbons (Fsp3) is 0.400. The number of rotatable bonds is 9. The number of benzene rings is 2. The van der Waals surface area contributed by atoms with E-state index in [0.717, 1.165) is 82.4 Å². The Balaban J connectivity index is 0.00000236. The third-order valence-electron chi connectivity index (χ3n) is 10.4. The number of methoxy groups -OCH3 is 1. The van der Waals surface area contributed by atoms with E-state index in [9.17, 15) is 14.4 Å². The normalized spacial score (nSPS) is 16.6. The van der Waals surface area contributed by atoms with E-state index in [1.54, 1.807) is 14.2 Å². The van der Waals surface area contributed by atoms with Crippen molar-refractivity contribution in [2.24, 2.45) is 14.1 Å². The maximum Gasteiger partial charge on any atom is 0.332 e. The first-order valence-corrected chi connectivity index (χ1v) is 18.6. The van der Waals surface area contributed by atoms with Gasteiger partial charge in [-0.3, -0.25) is 23.6 Å². The van der Waals surface area contributed by atoms with Gasteiger partial charge in [-0.2, -0.15) is 0 Å². The molecule has 5 aromatic rings. The minimum Gasteiger partial charge on any atom is -0.481 e. The number of fused-ring (bicyclic) bond motifs is 2. The van der Waals surface area contributed by atoms with Crippen LogP contribution < -0.4 is 26.6 Å². The van der Waals surface area contributed by atoms with Crippen molar-refractivity contribution in [2.45, 2.75) is 71.4 Å². The highest BCUT2D eigenvalue weighted by Crippen LogP contribution is 2.44. The summed E-state index contributed by atoms with van der Waals surface area (Å²) in [5.74, 6) is 1.06. The molecule has 3 aromatic heterocycles. The molecule has 2 atom stereocenters. The molecule has 1 aliphatic heterocycles. The van der Waals surface area contributed by atoms with Gasteiger partial charge in [0.15, 0.2) is 5.65 Å². The molecule has 278 valence electrons. The molecule has 53 heavy (non-hydrogen) atoms. The third kappa shape index (κ3) is 7.17. The Morgan fingerprint density at radius 2 is 1.74 bits per heavy atom. The number of aromatic nitrogens is 5. The number of hydrogen-bond donors (Lipinski definition) is 2. The van der Waals surface area contributed by atoms with Gasteiger partial charge in [-0.15, -0.1) is 0 Å². The van der Waals surface area contributed by atoms with Crippen molar-refractivity contribution in [3.05, 3.63) is 91.3 Å². The van der Waals surface area contributed by atoms with Crippen LogP contribution in [0, 0.1) is 6.92 Å². The van der Waals surface area contributed by atoms with Crippen LogP contribution in [0.3, 0.4) is 0 Å². The summed E-state index contributed by atoms with van der Waals surface area (Å²) in [6, 6.07) is 14.3. The number of amides is 1. The van der Waals surface area contributed by atoms with Crippen molar-refractivity contribution >= 4 is 40.0 Å². The summed E-state index contributed by atoms with van der Waals surface area (Å²) in [6.45, 7) is 6.85. The van der Waals surface area contributed by atoms with Crippen LogP contribution in [-0.4, -0.2) is 61.6 Å². The molecule has 1 aliphatic carbocycles. The number of anilines is 2. The zero-order valence-corrected chi connectivity index (χ0v) is 32.2. The molecule has 0 saturated carbocycles. The minimum atomic E-state index is -0.481. The molecule has 13 heteroatoms. The van der Waals surface area contributed by atoms with E-state index in [0.29, 0.717) is 23.1 Å². The van der Waals surface area contributed by atoms with Gasteiger partial charge >= 0.3 is 5.69 Å². The molecule has 4 heterocycles. The van der Waals surface area contributed by atoms with Gasteiger partial charge in [0.2, 0.25) is 11.8 Å². The van der Waals surface area contributed by atoms with Gasteiger partial charge < -0.3 is 15.4 Å². The second-order valence-corrected chi connectivity index (χ2v) is 13.8. The van der Waals surface area contributed by atoms with Crippen LogP contribution in [0.2, 0.25) is 5.02 Å². The molecule has 0 radical (unpaired) electrons. The number of carbonyl (C=O) groups is 1. The van der Waals surface area contributed by atoms with Crippen LogP contribution in [0.25, 0.3) is 33.4 Å². The SMILES string of the molecule is CC.COc1nc(-c2cccc(-c3cccc(Nc4ncnc5c4c(=O)n(C)c(=O)n5C)c3C)c2Cl)cc2c1C(N(C)CCC1CCCC(=O)N1)CC2. The largest absolute Gasteiger partial charge is 0.481 e. The third-order valence-corrected chi connectivity index (χ3v) is 10.8. The summed E-state index contributed by atoms with van der Waals surface area (Å²) in [6.07, 6.45) is 6.70. The summed E-state index contributed by atoms with van der Waals surface area (Å²) in [5, 5.41) is 7.23. The molecule has 12 nitrogen and oxygen atoms in total. The smallest absolute Gasteiger partial charge is 0.332 e. The van der Waals surface area contributed by atoms with Crippen LogP contribution in [0.15, 0.2) is 58.4 Å². The molecule has 1 amide bonds. The van der Waals surface area contributed by atoms with Gasteiger partial charge in [0, 0.05) is 61.5 Å². The second-order valence-electron chi connectivity index (χ2n) is 13.5. The van der Waals surface area contributed by atoms with Crippen molar-refractivity contribution in [1.82, 2.24) is 34.3 Å². The van der Waals surface area contributed by atoms with E-state index >= 15 is 0 Å². The number of nitrogens with one attached hydrogen (secondary N) is 2. The summed E-state index contributed by atoms with van der Waals surface area (Å²) in [7, 11) is 6.81. The minimum absolute atomic E-state index is 0.153. The monoisotopic (exact) mass is 738 g/mol. The number of aryl methyl sites for hydroxylation is 2. The highest BCUT2D eigenvalue weighted by Gasteiger charge is 2.32. The Bertz CT molecular complexity index is 2300. The van der Waals surface area contributed by atoms with Gasteiger partial charge in [0.05, 0.1) is 17.8 Å². The summed E-state index contributed by atoms with van der Waals surface area (Å²) >= 11 is 7.23. The van der Waals surface area contributed by atoms with Gasteiger partial charge in [0.25, 0.3) is 5.56 Å². The van der Waals surface area contributed by atoms with Gasteiger partial charge in [0.1, 0.15) is 17.5 Å². The van der Waals surface area contributed by atoms with Crippen LogP contribution >= 0.6 is 11.6 Å². The van der Waals surface area contributed by atoms with E-state index < -0.39 is 11.2 Å². The first kappa shape index (κ1) is 37.7. The van der Waals surface area contributed by atoms with Crippen LogP contribution in [0.1, 0.15) is 68.7 Å².